The van der Waals surface area contributed by atoms with E-state index in [1.54, 1.807) is 36.4 Å². The molecule has 2 aromatic rings. The average Bonchev–Trinajstić information content (AvgIpc) is 3.26. The van der Waals surface area contributed by atoms with Gasteiger partial charge in [-0.15, -0.1) is 0 Å². The zero-order valence-electron chi connectivity index (χ0n) is 12.8. The third-order valence-electron chi connectivity index (χ3n) is 4.46. The van der Waals surface area contributed by atoms with E-state index in [0.29, 0.717) is 16.9 Å². The fourth-order valence-electron chi connectivity index (χ4n) is 3.14. The largest absolute Gasteiger partial charge is 0.302 e. The van der Waals surface area contributed by atoms with Crippen LogP contribution in [0.15, 0.2) is 53.4 Å². The second kappa shape index (κ2) is 5.73. The second-order valence-electron chi connectivity index (χ2n) is 5.97. The van der Waals surface area contributed by atoms with Gasteiger partial charge in [0.25, 0.3) is 0 Å². The maximum Gasteiger partial charge on any atom is 0.183 e. The lowest BCUT2D eigenvalue weighted by Gasteiger charge is -2.05. The molecule has 0 N–H and O–H groups in total. The molecular formula is C18H14ClNO3S. The highest BCUT2D eigenvalue weighted by molar-refractivity contribution is 7.92. The number of benzene rings is 2. The Kier molecular flexibility index (Phi) is 3.98. The topological polar surface area (TPSA) is 75.0 Å². The number of carbonyl (C=O) groups excluding carboxylic acids is 1. The molecule has 6 heteroatoms. The van der Waals surface area contributed by atoms with Crippen molar-refractivity contribution in [1.29, 1.82) is 5.26 Å². The SMILES string of the molecule is Cc1ccc(S(=O)(=O)[C@@H]2[C@@H](c3cccc(Cl)c3)[C@]2(C#N)C=O)cc1. The fourth-order valence-corrected chi connectivity index (χ4v) is 5.57. The first-order chi connectivity index (χ1) is 11.4. The molecule has 0 unspecified atom stereocenters. The zero-order valence-corrected chi connectivity index (χ0v) is 14.4. The summed E-state index contributed by atoms with van der Waals surface area (Å²) in [6, 6.07) is 14.9. The summed E-state index contributed by atoms with van der Waals surface area (Å²) in [6.45, 7) is 1.85. The Morgan fingerprint density at radius 1 is 1.21 bits per heavy atom. The molecule has 0 saturated heterocycles. The molecule has 0 radical (unpaired) electrons. The van der Waals surface area contributed by atoms with Crippen molar-refractivity contribution in [3.63, 3.8) is 0 Å². The van der Waals surface area contributed by atoms with Crippen LogP contribution >= 0.6 is 11.6 Å². The van der Waals surface area contributed by atoms with Crippen LogP contribution in [0.5, 0.6) is 0 Å². The van der Waals surface area contributed by atoms with Crippen molar-refractivity contribution in [3.05, 3.63) is 64.7 Å². The number of hydrogen-bond acceptors (Lipinski definition) is 4. The van der Waals surface area contributed by atoms with Crippen molar-refractivity contribution >= 4 is 27.7 Å². The predicted octanol–water partition coefficient (Wildman–Crippen LogP) is 3.30. The van der Waals surface area contributed by atoms with E-state index < -0.39 is 26.4 Å². The third kappa shape index (κ3) is 2.43. The third-order valence-corrected chi connectivity index (χ3v) is 6.95. The highest BCUT2D eigenvalue weighted by Gasteiger charge is 2.72. The summed E-state index contributed by atoms with van der Waals surface area (Å²) >= 11 is 5.97. The summed E-state index contributed by atoms with van der Waals surface area (Å²) < 4.78 is 25.9. The Morgan fingerprint density at radius 3 is 2.42 bits per heavy atom. The van der Waals surface area contributed by atoms with Crippen LogP contribution in [0, 0.1) is 23.7 Å². The van der Waals surface area contributed by atoms with E-state index in [9.17, 15) is 18.5 Å². The molecule has 1 fully saturated rings. The van der Waals surface area contributed by atoms with E-state index >= 15 is 0 Å². The molecule has 0 aromatic heterocycles. The van der Waals surface area contributed by atoms with E-state index in [2.05, 4.69) is 0 Å². The molecule has 4 nitrogen and oxygen atoms in total. The zero-order chi connectivity index (χ0) is 17.5. The number of nitrogens with zero attached hydrogens (tertiary/aromatic N) is 1. The maximum atomic E-state index is 13.0. The predicted molar refractivity (Wildman–Crippen MR) is 90.5 cm³/mol. The van der Waals surface area contributed by atoms with Crippen molar-refractivity contribution in [2.24, 2.45) is 5.41 Å². The van der Waals surface area contributed by atoms with Crippen LogP contribution in [0.2, 0.25) is 5.02 Å². The Morgan fingerprint density at radius 2 is 1.88 bits per heavy atom. The van der Waals surface area contributed by atoms with E-state index in [1.165, 1.54) is 12.1 Å². The summed E-state index contributed by atoms with van der Waals surface area (Å²) in [6.07, 6.45) is 0.453. The summed E-state index contributed by atoms with van der Waals surface area (Å²) in [5.41, 5.74) is -0.0658. The molecule has 0 spiro atoms. The Hall–Kier alpha value is -2.16. The first-order valence-corrected chi connectivity index (χ1v) is 9.23. The van der Waals surface area contributed by atoms with Crippen molar-refractivity contribution in [3.8, 4) is 6.07 Å². The first-order valence-electron chi connectivity index (χ1n) is 7.30. The van der Waals surface area contributed by atoms with E-state index in [4.69, 9.17) is 11.6 Å². The minimum atomic E-state index is -3.82. The Labute approximate surface area is 145 Å². The molecule has 0 amide bonds. The number of carbonyl (C=O) groups is 1. The normalized spacial score (nSPS) is 25.7. The van der Waals surface area contributed by atoms with Crippen LogP contribution in [-0.4, -0.2) is 20.0 Å². The highest BCUT2D eigenvalue weighted by Crippen LogP contribution is 2.62. The monoisotopic (exact) mass is 359 g/mol. The summed E-state index contributed by atoms with van der Waals surface area (Å²) in [5, 5.41) is 8.83. The quantitative estimate of drug-likeness (QED) is 0.785. The van der Waals surface area contributed by atoms with Crippen LogP contribution in [0.25, 0.3) is 0 Å². The Bertz CT molecular complexity index is 947. The average molecular weight is 360 g/mol. The molecule has 122 valence electrons. The minimum Gasteiger partial charge on any atom is -0.302 e. The lowest BCUT2D eigenvalue weighted by Crippen LogP contribution is -2.16. The molecule has 24 heavy (non-hydrogen) atoms. The van der Waals surface area contributed by atoms with Gasteiger partial charge in [0.1, 0.15) is 17.0 Å². The van der Waals surface area contributed by atoms with Gasteiger partial charge in [-0.3, -0.25) is 0 Å². The van der Waals surface area contributed by atoms with Gasteiger partial charge in [-0.1, -0.05) is 41.4 Å². The number of nitriles is 1. The molecule has 1 saturated carbocycles. The van der Waals surface area contributed by atoms with Gasteiger partial charge in [0.15, 0.2) is 9.84 Å². The smallest absolute Gasteiger partial charge is 0.183 e. The number of aryl methyl sites for hydroxylation is 1. The summed E-state index contributed by atoms with van der Waals surface area (Å²) in [5.74, 6) is -0.718. The van der Waals surface area contributed by atoms with Gasteiger partial charge in [-0.25, -0.2) is 8.42 Å². The molecule has 0 aliphatic heterocycles. The number of sulfone groups is 1. The van der Waals surface area contributed by atoms with Crippen LogP contribution in [0.3, 0.4) is 0 Å². The molecule has 2 aromatic carbocycles. The van der Waals surface area contributed by atoms with Crippen LogP contribution < -0.4 is 0 Å². The van der Waals surface area contributed by atoms with Gasteiger partial charge >= 0.3 is 0 Å². The molecule has 1 aliphatic rings. The van der Waals surface area contributed by atoms with Crippen LogP contribution in [0.1, 0.15) is 17.0 Å². The molecule has 0 heterocycles. The minimum absolute atomic E-state index is 0.115. The van der Waals surface area contributed by atoms with Crippen LogP contribution in [0.4, 0.5) is 0 Å². The number of halogens is 1. The van der Waals surface area contributed by atoms with Crippen molar-refractivity contribution in [2.75, 3.05) is 0 Å². The lowest BCUT2D eigenvalue weighted by molar-refractivity contribution is -0.110. The standard InChI is InChI=1S/C18H14ClNO3S/c1-12-5-7-15(8-6-12)24(22,23)17-16(18(17,10-20)11-21)13-3-2-4-14(19)9-13/h2-9,11,16-17H,1H3/t16-,17-,18+/m1/s1. The maximum absolute atomic E-state index is 13.0. The van der Waals surface area contributed by atoms with Gasteiger partial charge in [-0.05, 0) is 36.8 Å². The van der Waals surface area contributed by atoms with Crippen molar-refractivity contribution in [1.82, 2.24) is 0 Å². The number of hydrogen-bond donors (Lipinski definition) is 0. The van der Waals surface area contributed by atoms with Gasteiger partial charge in [0.05, 0.1) is 11.0 Å². The molecular weight excluding hydrogens is 346 g/mol. The molecule has 0 bridgehead atoms. The molecule has 3 rings (SSSR count). The van der Waals surface area contributed by atoms with Gasteiger partial charge in [0, 0.05) is 10.9 Å². The number of rotatable bonds is 4. The second-order valence-corrected chi connectivity index (χ2v) is 8.48. The van der Waals surface area contributed by atoms with Gasteiger partial charge in [-0.2, -0.15) is 5.26 Å². The molecule has 3 atom stereocenters. The first kappa shape index (κ1) is 16.7. The molecule has 1 aliphatic carbocycles. The summed E-state index contributed by atoms with van der Waals surface area (Å²) in [4.78, 5) is 11.7. The fraction of sp³-hybridized carbons (Fsp3) is 0.222. The van der Waals surface area contributed by atoms with Crippen molar-refractivity contribution in [2.45, 2.75) is 23.0 Å². The van der Waals surface area contributed by atoms with E-state index in [-0.39, 0.29) is 4.90 Å². The lowest BCUT2D eigenvalue weighted by atomic mass is 10.0. The van der Waals surface area contributed by atoms with E-state index in [0.717, 1.165) is 5.56 Å². The van der Waals surface area contributed by atoms with E-state index in [1.807, 2.05) is 13.0 Å². The Balaban J connectivity index is 2.10. The van der Waals surface area contributed by atoms with Crippen molar-refractivity contribution < 1.29 is 13.2 Å². The summed E-state index contributed by atoms with van der Waals surface area (Å²) in [7, 11) is -3.82. The number of aldehydes is 1. The van der Waals surface area contributed by atoms with Gasteiger partial charge in [0.2, 0.25) is 0 Å². The highest BCUT2D eigenvalue weighted by atomic mass is 35.5. The van der Waals surface area contributed by atoms with Gasteiger partial charge < -0.3 is 4.79 Å². The van der Waals surface area contributed by atoms with Crippen LogP contribution in [-0.2, 0) is 14.6 Å².